The molecule has 110 valence electrons. The van der Waals surface area contributed by atoms with Crippen LogP contribution in [0.4, 0.5) is 5.69 Å². The minimum atomic E-state index is -0.611. The Kier molecular flexibility index (Phi) is 7.17. The zero-order valence-electron chi connectivity index (χ0n) is 11.1. The maximum Gasteiger partial charge on any atom is 0.339 e. The summed E-state index contributed by atoms with van der Waals surface area (Å²) in [7, 11) is 0. The van der Waals surface area contributed by atoms with Crippen molar-refractivity contribution < 1.29 is 19.2 Å². The van der Waals surface area contributed by atoms with Gasteiger partial charge < -0.3 is 9.47 Å². The van der Waals surface area contributed by atoms with E-state index in [1.807, 2.05) is 0 Å². The molecule has 0 heterocycles. The third-order valence-electron chi connectivity index (χ3n) is 2.50. The fraction of sp³-hybridized carbons (Fsp3) is 0.462. The molecule has 0 radical (unpaired) electrons. The summed E-state index contributed by atoms with van der Waals surface area (Å²) in [5, 5.41) is 10.8. The molecule has 0 aliphatic heterocycles. The van der Waals surface area contributed by atoms with E-state index in [0.717, 1.165) is 12.8 Å². The van der Waals surface area contributed by atoms with Gasteiger partial charge in [0.05, 0.1) is 17.1 Å². The molecule has 20 heavy (non-hydrogen) atoms. The highest BCUT2D eigenvalue weighted by molar-refractivity contribution is 9.10. The van der Waals surface area contributed by atoms with Crippen LogP contribution in [0, 0.1) is 10.1 Å². The van der Waals surface area contributed by atoms with Gasteiger partial charge >= 0.3 is 5.97 Å². The number of benzene rings is 1. The molecule has 0 atom stereocenters. The molecule has 0 aliphatic rings. The Morgan fingerprint density at radius 1 is 1.35 bits per heavy atom. The average Bonchev–Trinajstić information content (AvgIpc) is 2.42. The predicted molar refractivity (Wildman–Crippen MR) is 76.8 cm³/mol. The summed E-state index contributed by atoms with van der Waals surface area (Å²) < 4.78 is 10.4. The van der Waals surface area contributed by atoms with Gasteiger partial charge in [0.15, 0.2) is 0 Å². The van der Waals surface area contributed by atoms with Gasteiger partial charge in [0.25, 0.3) is 5.69 Å². The molecule has 0 fully saturated rings. The van der Waals surface area contributed by atoms with E-state index in [1.165, 1.54) is 18.2 Å². The number of carbonyl (C=O) groups is 1. The van der Waals surface area contributed by atoms with Crippen molar-refractivity contribution in [2.45, 2.75) is 19.8 Å². The fourth-order valence-corrected chi connectivity index (χ4v) is 2.01. The molecule has 0 bridgehead atoms. The molecule has 6 nitrogen and oxygen atoms in total. The first-order chi connectivity index (χ1) is 9.57. The topological polar surface area (TPSA) is 78.7 Å². The quantitative estimate of drug-likeness (QED) is 0.312. The van der Waals surface area contributed by atoms with Crippen LogP contribution in [0.25, 0.3) is 0 Å². The maximum atomic E-state index is 11.8. The van der Waals surface area contributed by atoms with Gasteiger partial charge in [-0.25, -0.2) is 4.79 Å². The standard InChI is InChI=1S/C13H16BrNO5/c1-2-3-7-19-8-9-20-13(16)10-5-4-6-11(12(10)14)15(17)18/h4-6H,2-3,7-9H2,1H3. The van der Waals surface area contributed by atoms with Crippen molar-refractivity contribution in [1.82, 2.24) is 0 Å². The molecule has 1 aromatic carbocycles. The van der Waals surface area contributed by atoms with E-state index in [4.69, 9.17) is 9.47 Å². The minimum Gasteiger partial charge on any atom is -0.460 e. The lowest BCUT2D eigenvalue weighted by Crippen LogP contribution is -2.12. The minimum absolute atomic E-state index is 0.123. The van der Waals surface area contributed by atoms with Crippen molar-refractivity contribution in [3.63, 3.8) is 0 Å². The molecule has 0 amide bonds. The first-order valence-electron chi connectivity index (χ1n) is 6.25. The molecule has 0 aliphatic carbocycles. The van der Waals surface area contributed by atoms with Crippen LogP contribution in [-0.4, -0.2) is 30.7 Å². The van der Waals surface area contributed by atoms with E-state index in [0.29, 0.717) is 13.2 Å². The second kappa shape index (κ2) is 8.65. The number of hydrogen-bond donors (Lipinski definition) is 0. The second-order valence-corrected chi connectivity index (χ2v) is 4.79. The van der Waals surface area contributed by atoms with Crippen LogP contribution in [0.5, 0.6) is 0 Å². The molecule has 0 saturated heterocycles. The van der Waals surface area contributed by atoms with Crippen LogP contribution >= 0.6 is 15.9 Å². The van der Waals surface area contributed by atoms with Gasteiger partial charge in [-0.2, -0.15) is 0 Å². The van der Waals surface area contributed by atoms with Gasteiger partial charge in [0, 0.05) is 12.7 Å². The summed E-state index contributed by atoms with van der Waals surface area (Å²) in [6.45, 7) is 3.13. The van der Waals surface area contributed by atoms with Gasteiger partial charge in [-0.15, -0.1) is 0 Å². The Labute approximate surface area is 125 Å². The van der Waals surface area contributed by atoms with Crippen molar-refractivity contribution in [2.24, 2.45) is 0 Å². The van der Waals surface area contributed by atoms with Crippen molar-refractivity contribution in [3.8, 4) is 0 Å². The van der Waals surface area contributed by atoms with Crippen molar-refractivity contribution >= 4 is 27.6 Å². The molecule has 0 spiro atoms. The number of unbranched alkanes of at least 4 members (excludes halogenated alkanes) is 1. The Bertz CT molecular complexity index is 478. The van der Waals surface area contributed by atoms with Gasteiger partial charge in [-0.1, -0.05) is 19.4 Å². The Morgan fingerprint density at radius 3 is 2.75 bits per heavy atom. The molecule has 0 unspecified atom stereocenters. The number of hydrogen-bond acceptors (Lipinski definition) is 5. The molecule has 0 saturated carbocycles. The van der Waals surface area contributed by atoms with Crippen molar-refractivity contribution in [2.75, 3.05) is 19.8 Å². The van der Waals surface area contributed by atoms with E-state index in [-0.39, 0.29) is 22.3 Å². The molecular weight excluding hydrogens is 330 g/mol. The molecule has 0 aromatic heterocycles. The maximum absolute atomic E-state index is 11.8. The first kappa shape index (κ1) is 16.6. The first-order valence-corrected chi connectivity index (χ1v) is 7.05. The lowest BCUT2D eigenvalue weighted by Gasteiger charge is -2.07. The monoisotopic (exact) mass is 345 g/mol. The SMILES string of the molecule is CCCCOCCOC(=O)c1cccc([N+](=O)[O-])c1Br. The van der Waals surface area contributed by atoms with E-state index in [9.17, 15) is 14.9 Å². The summed E-state index contributed by atoms with van der Waals surface area (Å²) >= 11 is 3.05. The van der Waals surface area contributed by atoms with E-state index < -0.39 is 10.9 Å². The third kappa shape index (κ3) is 4.90. The summed E-state index contributed by atoms with van der Waals surface area (Å²) in [4.78, 5) is 22.0. The number of esters is 1. The fourth-order valence-electron chi connectivity index (χ4n) is 1.44. The molecule has 0 N–H and O–H groups in total. The number of halogens is 1. The Hall–Kier alpha value is -1.47. The number of rotatable bonds is 8. The lowest BCUT2D eigenvalue weighted by atomic mass is 10.2. The smallest absolute Gasteiger partial charge is 0.339 e. The van der Waals surface area contributed by atoms with E-state index in [2.05, 4.69) is 22.9 Å². The van der Waals surface area contributed by atoms with Crippen LogP contribution < -0.4 is 0 Å². The second-order valence-electron chi connectivity index (χ2n) is 4.00. The van der Waals surface area contributed by atoms with Crippen molar-refractivity contribution in [1.29, 1.82) is 0 Å². The zero-order valence-corrected chi connectivity index (χ0v) is 12.7. The summed E-state index contributed by atoms with van der Waals surface area (Å²) in [5.74, 6) is -0.611. The Balaban J connectivity index is 2.52. The van der Waals surface area contributed by atoms with Gasteiger partial charge in [-0.05, 0) is 28.4 Å². The van der Waals surface area contributed by atoms with Crippen LogP contribution in [0.2, 0.25) is 0 Å². The average molecular weight is 346 g/mol. The van der Waals surface area contributed by atoms with Gasteiger partial charge in [0.2, 0.25) is 0 Å². The van der Waals surface area contributed by atoms with Gasteiger partial charge in [-0.3, -0.25) is 10.1 Å². The highest BCUT2D eigenvalue weighted by Crippen LogP contribution is 2.28. The largest absolute Gasteiger partial charge is 0.460 e. The normalized spacial score (nSPS) is 10.3. The predicted octanol–water partition coefficient (Wildman–Crippen LogP) is 3.33. The Morgan fingerprint density at radius 2 is 2.10 bits per heavy atom. The van der Waals surface area contributed by atoms with E-state index in [1.54, 1.807) is 0 Å². The zero-order chi connectivity index (χ0) is 15.0. The van der Waals surface area contributed by atoms with Crippen LogP contribution in [0.1, 0.15) is 30.1 Å². The number of nitro groups is 1. The molecule has 1 rings (SSSR count). The van der Waals surface area contributed by atoms with Crippen LogP contribution in [-0.2, 0) is 9.47 Å². The summed E-state index contributed by atoms with van der Waals surface area (Å²) in [6, 6.07) is 4.23. The summed E-state index contributed by atoms with van der Waals surface area (Å²) in [5.41, 5.74) is -0.0357. The summed E-state index contributed by atoms with van der Waals surface area (Å²) in [6.07, 6.45) is 2.00. The molecule has 1 aromatic rings. The molecule has 7 heteroatoms. The number of ether oxygens (including phenoxy) is 2. The van der Waals surface area contributed by atoms with Crippen LogP contribution in [0.15, 0.2) is 22.7 Å². The lowest BCUT2D eigenvalue weighted by molar-refractivity contribution is -0.385. The highest BCUT2D eigenvalue weighted by Gasteiger charge is 2.20. The van der Waals surface area contributed by atoms with Crippen molar-refractivity contribution in [3.05, 3.63) is 38.3 Å². The molecular formula is C13H16BrNO5. The highest BCUT2D eigenvalue weighted by atomic mass is 79.9. The number of nitrogens with zero attached hydrogens (tertiary/aromatic N) is 1. The number of nitro benzene ring substituents is 1. The number of carbonyl (C=O) groups excluding carboxylic acids is 1. The van der Waals surface area contributed by atoms with Gasteiger partial charge in [0.1, 0.15) is 11.1 Å². The van der Waals surface area contributed by atoms with Crippen LogP contribution in [0.3, 0.4) is 0 Å². The van der Waals surface area contributed by atoms with E-state index >= 15 is 0 Å². The third-order valence-corrected chi connectivity index (χ3v) is 3.33.